The average Bonchev–Trinajstić information content (AvgIpc) is 2.36. The van der Waals surface area contributed by atoms with E-state index in [0.29, 0.717) is 38.4 Å². The van der Waals surface area contributed by atoms with Crippen molar-refractivity contribution in [3.8, 4) is 0 Å². The van der Waals surface area contributed by atoms with Crippen LogP contribution < -0.4 is 11.1 Å². The molecular formula is C13H24N2O4. The van der Waals surface area contributed by atoms with Gasteiger partial charge in [0.15, 0.2) is 0 Å². The van der Waals surface area contributed by atoms with Crippen LogP contribution in [-0.4, -0.2) is 42.8 Å². The molecule has 6 heteroatoms. The highest BCUT2D eigenvalue weighted by molar-refractivity contribution is 5.82. The molecule has 0 saturated carbocycles. The fourth-order valence-corrected chi connectivity index (χ4v) is 2.23. The Kier molecular flexibility index (Phi) is 5.75. The summed E-state index contributed by atoms with van der Waals surface area (Å²) in [7, 11) is 0. The number of carboxylic acid groups (broad SMARTS) is 1. The summed E-state index contributed by atoms with van der Waals surface area (Å²) in [6.07, 6.45) is 1.43. The number of amides is 1. The van der Waals surface area contributed by atoms with Gasteiger partial charge in [0.2, 0.25) is 5.91 Å². The van der Waals surface area contributed by atoms with Gasteiger partial charge in [-0.3, -0.25) is 9.59 Å². The van der Waals surface area contributed by atoms with Crippen LogP contribution in [0.5, 0.6) is 0 Å². The van der Waals surface area contributed by atoms with Crippen LogP contribution in [0.15, 0.2) is 0 Å². The molecule has 0 radical (unpaired) electrons. The highest BCUT2D eigenvalue weighted by Gasteiger charge is 2.40. The minimum atomic E-state index is -0.911. The first kappa shape index (κ1) is 15.9. The monoisotopic (exact) mass is 272 g/mol. The van der Waals surface area contributed by atoms with E-state index in [1.807, 2.05) is 13.8 Å². The Hall–Kier alpha value is -1.14. The van der Waals surface area contributed by atoms with Crippen molar-refractivity contribution in [3.05, 3.63) is 0 Å². The van der Waals surface area contributed by atoms with Crippen molar-refractivity contribution < 1.29 is 19.4 Å². The largest absolute Gasteiger partial charge is 0.481 e. The van der Waals surface area contributed by atoms with Crippen molar-refractivity contribution in [2.45, 2.75) is 39.2 Å². The van der Waals surface area contributed by atoms with Crippen molar-refractivity contribution in [1.82, 2.24) is 5.32 Å². The van der Waals surface area contributed by atoms with Gasteiger partial charge >= 0.3 is 5.97 Å². The van der Waals surface area contributed by atoms with Crippen LogP contribution in [0.4, 0.5) is 0 Å². The molecule has 19 heavy (non-hydrogen) atoms. The van der Waals surface area contributed by atoms with Crippen LogP contribution in [0.25, 0.3) is 0 Å². The summed E-state index contributed by atoms with van der Waals surface area (Å²) in [5, 5.41) is 12.0. The number of hydrogen-bond donors (Lipinski definition) is 3. The summed E-state index contributed by atoms with van der Waals surface area (Å²) in [4.78, 5) is 23.2. The third kappa shape index (κ3) is 4.47. The first-order chi connectivity index (χ1) is 8.87. The van der Waals surface area contributed by atoms with Crippen LogP contribution >= 0.6 is 0 Å². The molecule has 1 aliphatic heterocycles. The van der Waals surface area contributed by atoms with Crippen molar-refractivity contribution in [1.29, 1.82) is 0 Å². The highest BCUT2D eigenvalue weighted by atomic mass is 16.5. The lowest BCUT2D eigenvalue weighted by atomic mass is 9.80. The first-order valence-electron chi connectivity index (χ1n) is 6.72. The average molecular weight is 272 g/mol. The lowest BCUT2D eigenvalue weighted by Crippen LogP contribution is -2.50. The predicted octanol–water partition coefficient (Wildman–Crippen LogP) is 0.357. The zero-order valence-corrected chi connectivity index (χ0v) is 11.6. The Balaban J connectivity index is 2.52. The second-order valence-corrected chi connectivity index (χ2v) is 5.65. The first-order valence-corrected chi connectivity index (χ1v) is 6.72. The fraction of sp³-hybridized carbons (Fsp3) is 0.846. The van der Waals surface area contributed by atoms with E-state index in [4.69, 9.17) is 10.5 Å². The molecule has 1 heterocycles. The zero-order chi connectivity index (χ0) is 14.5. The van der Waals surface area contributed by atoms with Gasteiger partial charge in [0, 0.05) is 19.8 Å². The number of ether oxygens (including phenoxy) is 1. The lowest BCUT2D eigenvalue weighted by Gasteiger charge is -2.33. The molecule has 6 nitrogen and oxygen atoms in total. The van der Waals surface area contributed by atoms with E-state index in [1.165, 1.54) is 0 Å². The molecule has 0 aromatic rings. The van der Waals surface area contributed by atoms with Crippen LogP contribution in [0.1, 0.15) is 33.1 Å². The molecule has 0 spiro atoms. The zero-order valence-electron chi connectivity index (χ0n) is 11.6. The second kappa shape index (κ2) is 6.86. The Morgan fingerprint density at radius 1 is 1.37 bits per heavy atom. The Morgan fingerprint density at radius 3 is 2.42 bits per heavy atom. The topological polar surface area (TPSA) is 102 Å². The van der Waals surface area contributed by atoms with Crippen molar-refractivity contribution in [2.75, 3.05) is 19.8 Å². The SMILES string of the molecule is CC(C)C[C@@H](N)C(=O)NCC1(C(=O)O)CCOCC1. The number of carbonyl (C=O) groups is 2. The molecular weight excluding hydrogens is 248 g/mol. The molecule has 1 atom stereocenters. The molecule has 0 aliphatic carbocycles. The number of carbonyl (C=O) groups excluding carboxylic acids is 1. The summed E-state index contributed by atoms with van der Waals surface area (Å²) in [5.41, 5.74) is 4.86. The summed E-state index contributed by atoms with van der Waals surface area (Å²) in [6.45, 7) is 4.94. The third-order valence-corrected chi connectivity index (χ3v) is 3.57. The standard InChI is InChI=1S/C13H24N2O4/c1-9(2)7-10(14)11(16)15-8-13(12(17)18)3-5-19-6-4-13/h9-10H,3-8,14H2,1-2H3,(H,15,16)(H,17,18)/t10-/m1/s1. The van der Waals surface area contributed by atoms with E-state index in [0.717, 1.165) is 0 Å². The molecule has 0 unspecified atom stereocenters. The minimum Gasteiger partial charge on any atom is -0.481 e. The number of nitrogens with one attached hydrogen (secondary N) is 1. The highest BCUT2D eigenvalue weighted by Crippen LogP contribution is 2.30. The van der Waals surface area contributed by atoms with Crippen molar-refractivity contribution >= 4 is 11.9 Å². The lowest BCUT2D eigenvalue weighted by molar-refractivity contribution is -0.154. The van der Waals surface area contributed by atoms with Crippen LogP contribution in [-0.2, 0) is 14.3 Å². The predicted molar refractivity (Wildman–Crippen MR) is 70.6 cm³/mol. The van der Waals surface area contributed by atoms with Crippen LogP contribution in [0.3, 0.4) is 0 Å². The summed E-state index contributed by atoms with van der Waals surface area (Å²) in [5.74, 6) is -0.827. The maximum atomic E-state index is 11.8. The molecule has 110 valence electrons. The van der Waals surface area contributed by atoms with Gasteiger partial charge in [0.05, 0.1) is 11.5 Å². The molecule has 1 amide bonds. The van der Waals surface area contributed by atoms with Gasteiger partial charge in [-0.1, -0.05) is 13.8 Å². The Bertz CT molecular complexity index is 325. The number of nitrogens with two attached hydrogens (primary N) is 1. The van der Waals surface area contributed by atoms with Gasteiger partial charge < -0.3 is 20.9 Å². The van der Waals surface area contributed by atoms with Gasteiger partial charge in [-0.15, -0.1) is 0 Å². The Labute approximate surface area is 113 Å². The summed E-state index contributed by atoms with van der Waals surface area (Å²) >= 11 is 0. The van der Waals surface area contributed by atoms with Crippen LogP contribution in [0, 0.1) is 11.3 Å². The van der Waals surface area contributed by atoms with Crippen molar-refractivity contribution in [3.63, 3.8) is 0 Å². The van der Waals surface area contributed by atoms with E-state index < -0.39 is 17.4 Å². The quantitative estimate of drug-likeness (QED) is 0.648. The molecule has 1 fully saturated rings. The van der Waals surface area contributed by atoms with E-state index in [-0.39, 0.29) is 12.5 Å². The van der Waals surface area contributed by atoms with Crippen LogP contribution in [0.2, 0.25) is 0 Å². The van der Waals surface area contributed by atoms with E-state index >= 15 is 0 Å². The molecule has 1 saturated heterocycles. The molecule has 4 N–H and O–H groups in total. The van der Waals surface area contributed by atoms with Gasteiger partial charge in [0.25, 0.3) is 0 Å². The molecule has 0 aromatic heterocycles. The Morgan fingerprint density at radius 2 is 1.95 bits per heavy atom. The van der Waals surface area contributed by atoms with Gasteiger partial charge in [-0.25, -0.2) is 0 Å². The minimum absolute atomic E-state index is 0.121. The number of rotatable bonds is 6. The number of hydrogen-bond acceptors (Lipinski definition) is 4. The van der Waals surface area contributed by atoms with Gasteiger partial charge in [-0.2, -0.15) is 0 Å². The smallest absolute Gasteiger partial charge is 0.311 e. The summed E-state index contributed by atoms with van der Waals surface area (Å²) < 4.78 is 5.18. The normalized spacial score (nSPS) is 20.0. The summed E-state index contributed by atoms with van der Waals surface area (Å²) in [6, 6.07) is -0.578. The molecule has 0 bridgehead atoms. The van der Waals surface area contributed by atoms with E-state index in [1.54, 1.807) is 0 Å². The maximum Gasteiger partial charge on any atom is 0.311 e. The number of aliphatic carboxylic acids is 1. The van der Waals surface area contributed by atoms with Gasteiger partial charge in [0.1, 0.15) is 0 Å². The van der Waals surface area contributed by atoms with E-state index in [2.05, 4.69) is 5.32 Å². The molecule has 0 aromatic carbocycles. The fourth-order valence-electron chi connectivity index (χ4n) is 2.23. The maximum absolute atomic E-state index is 11.8. The third-order valence-electron chi connectivity index (χ3n) is 3.57. The van der Waals surface area contributed by atoms with Crippen molar-refractivity contribution in [2.24, 2.45) is 17.1 Å². The second-order valence-electron chi connectivity index (χ2n) is 5.65. The molecule has 1 aliphatic rings. The van der Waals surface area contributed by atoms with E-state index in [9.17, 15) is 14.7 Å². The molecule has 1 rings (SSSR count). The van der Waals surface area contributed by atoms with Gasteiger partial charge in [-0.05, 0) is 25.2 Å². The number of carboxylic acids is 1.